The quantitative estimate of drug-likeness (QED) is 0.679. The van der Waals surface area contributed by atoms with Gasteiger partial charge in [-0.2, -0.15) is 10.1 Å². The molecule has 0 amide bonds. The third kappa shape index (κ3) is 1.78. The highest BCUT2D eigenvalue weighted by molar-refractivity contribution is 5.75. The number of hydrogen-bond donors (Lipinski definition) is 2. The predicted octanol–water partition coefficient (Wildman–Crippen LogP) is -0.812. The zero-order valence-corrected chi connectivity index (χ0v) is 8.09. The van der Waals surface area contributed by atoms with Crippen LogP contribution in [0, 0.1) is 0 Å². The molecule has 0 fully saturated rings. The number of carboxylic acid groups (broad SMARTS) is 1. The second-order valence-electron chi connectivity index (χ2n) is 3.30. The molecule has 1 unspecified atom stereocenters. The van der Waals surface area contributed by atoms with Crippen molar-refractivity contribution in [3.05, 3.63) is 5.82 Å². The average molecular weight is 212 g/mol. The summed E-state index contributed by atoms with van der Waals surface area (Å²) >= 11 is 0. The number of hydrogen-bond acceptors (Lipinski definition) is 5. The van der Waals surface area contributed by atoms with Gasteiger partial charge in [-0.05, 0) is 0 Å². The van der Waals surface area contributed by atoms with Crippen LogP contribution < -0.4 is 10.5 Å². The lowest BCUT2D eigenvalue weighted by Crippen LogP contribution is -2.22. The summed E-state index contributed by atoms with van der Waals surface area (Å²) in [6, 6.07) is 0.385. The molecule has 0 aromatic carbocycles. The average Bonchev–Trinajstić information content (AvgIpc) is 2.61. The lowest BCUT2D eigenvalue weighted by molar-refractivity contribution is -0.138. The van der Waals surface area contributed by atoms with E-state index < -0.39 is 11.9 Å². The number of fused-ring (bicyclic) bond motifs is 1. The van der Waals surface area contributed by atoms with Crippen molar-refractivity contribution in [2.24, 2.45) is 5.73 Å². The van der Waals surface area contributed by atoms with Crippen molar-refractivity contribution < 1.29 is 14.6 Å². The fraction of sp³-hybridized carbons (Fsp3) is 0.625. The molecule has 0 aliphatic carbocycles. The van der Waals surface area contributed by atoms with Crippen molar-refractivity contribution in [1.82, 2.24) is 14.8 Å². The van der Waals surface area contributed by atoms with E-state index in [1.54, 1.807) is 4.68 Å². The summed E-state index contributed by atoms with van der Waals surface area (Å²) in [6.07, 6.45) is 0.857. The van der Waals surface area contributed by atoms with Crippen LogP contribution in [0.1, 0.15) is 18.2 Å². The second-order valence-corrected chi connectivity index (χ2v) is 3.30. The molecule has 0 spiro atoms. The smallest absolute Gasteiger partial charge is 0.315 e. The first-order chi connectivity index (χ1) is 7.22. The molecule has 0 radical (unpaired) electrons. The number of rotatable bonds is 3. The Bertz CT molecular complexity index is 352. The zero-order valence-electron chi connectivity index (χ0n) is 8.09. The van der Waals surface area contributed by atoms with Crippen LogP contribution in [0.3, 0.4) is 0 Å². The van der Waals surface area contributed by atoms with Crippen molar-refractivity contribution in [2.75, 3.05) is 13.2 Å². The lowest BCUT2D eigenvalue weighted by Gasteiger charge is -2.11. The maximum absolute atomic E-state index is 10.8. The van der Waals surface area contributed by atoms with Gasteiger partial charge in [0.2, 0.25) is 0 Å². The van der Waals surface area contributed by atoms with Crippen molar-refractivity contribution in [3.63, 3.8) is 0 Å². The van der Waals surface area contributed by atoms with Gasteiger partial charge in [-0.25, -0.2) is 4.68 Å². The largest absolute Gasteiger partial charge is 0.481 e. The predicted molar refractivity (Wildman–Crippen MR) is 49.6 cm³/mol. The monoisotopic (exact) mass is 212 g/mol. The Labute approximate surface area is 85.9 Å². The van der Waals surface area contributed by atoms with Crippen LogP contribution in [-0.4, -0.2) is 39.0 Å². The van der Waals surface area contributed by atoms with Gasteiger partial charge in [-0.1, -0.05) is 0 Å². The van der Waals surface area contributed by atoms with Gasteiger partial charge in [0.15, 0.2) is 5.82 Å². The minimum Gasteiger partial charge on any atom is -0.481 e. The Kier molecular flexibility index (Phi) is 2.55. The van der Waals surface area contributed by atoms with Crippen molar-refractivity contribution >= 4 is 5.97 Å². The SMILES string of the molecule is NCC(C(=O)O)c1nc2n(n1)CCCO2. The van der Waals surface area contributed by atoms with E-state index in [-0.39, 0.29) is 12.4 Å². The lowest BCUT2D eigenvalue weighted by atomic mass is 10.1. The third-order valence-electron chi connectivity index (χ3n) is 2.25. The van der Waals surface area contributed by atoms with Crippen LogP contribution in [0.4, 0.5) is 0 Å². The fourth-order valence-corrected chi connectivity index (χ4v) is 1.44. The van der Waals surface area contributed by atoms with Crippen LogP contribution in [0.15, 0.2) is 0 Å². The number of carboxylic acids is 1. The van der Waals surface area contributed by atoms with E-state index in [4.69, 9.17) is 15.6 Å². The Morgan fingerprint density at radius 3 is 3.13 bits per heavy atom. The summed E-state index contributed by atoms with van der Waals surface area (Å²) < 4.78 is 6.81. The molecule has 7 heteroatoms. The number of aromatic nitrogens is 3. The Morgan fingerprint density at radius 2 is 2.53 bits per heavy atom. The van der Waals surface area contributed by atoms with E-state index in [9.17, 15) is 4.79 Å². The first kappa shape index (κ1) is 9.91. The van der Waals surface area contributed by atoms with Gasteiger partial charge in [0, 0.05) is 19.5 Å². The minimum atomic E-state index is -1.01. The highest BCUT2D eigenvalue weighted by Gasteiger charge is 2.25. The van der Waals surface area contributed by atoms with Crippen LogP contribution in [0.25, 0.3) is 0 Å². The topological polar surface area (TPSA) is 103 Å². The van der Waals surface area contributed by atoms with E-state index in [1.165, 1.54) is 0 Å². The molecule has 15 heavy (non-hydrogen) atoms. The molecule has 3 N–H and O–H groups in total. The van der Waals surface area contributed by atoms with Crippen molar-refractivity contribution in [2.45, 2.75) is 18.9 Å². The Morgan fingerprint density at radius 1 is 1.73 bits per heavy atom. The molecule has 2 rings (SSSR count). The number of aliphatic carboxylic acids is 1. The molecule has 1 aliphatic heterocycles. The number of ether oxygens (including phenoxy) is 1. The van der Waals surface area contributed by atoms with E-state index in [2.05, 4.69) is 10.1 Å². The van der Waals surface area contributed by atoms with Gasteiger partial charge in [-0.3, -0.25) is 4.79 Å². The van der Waals surface area contributed by atoms with Crippen molar-refractivity contribution in [1.29, 1.82) is 0 Å². The molecule has 2 heterocycles. The second kappa shape index (κ2) is 3.85. The molecular formula is C8H12N4O3. The highest BCUT2D eigenvalue weighted by atomic mass is 16.5. The zero-order chi connectivity index (χ0) is 10.8. The molecule has 7 nitrogen and oxygen atoms in total. The van der Waals surface area contributed by atoms with Gasteiger partial charge in [0.1, 0.15) is 5.92 Å². The van der Waals surface area contributed by atoms with Gasteiger partial charge in [-0.15, -0.1) is 0 Å². The molecule has 82 valence electrons. The molecular weight excluding hydrogens is 200 g/mol. The van der Waals surface area contributed by atoms with Gasteiger partial charge in [0.25, 0.3) is 0 Å². The molecule has 0 saturated heterocycles. The van der Waals surface area contributed by atoms with Crippen molar-refractivity contribution in [3.8, 4) is 6.01 Å². The van der Waals surface area contributed by atoms with E-state index in [0.717, 1.165) is 6.42 Å². The highest BCUT2D eigenvalue weighted by Crippen LogP contribution is 2.18. The van der Waals surface area contributed by atoms with Gasteiger partial charge in [0.05, 0.1) is 6.61 Å². The van der Waals surface area contributed by atoms with E-state index in [1.807, 2.05) is 0 Å². The standard InChI is InChI=1S/C8H12N4O3/c9-4-5(7(13)14)6-10-8-12(11-6)2-1-3-15-8/h5H,1-4,9H2,(H,13,14). The summed E-state index contributed by atoms with van der Waals surface area (Å²) in [4.78, 5) is 14.8. The summed E-state index contributed by atoms with van der Waals surface area (Å²) in [7, 11) is 0. The first-order valence-corrected chi connectivity index (χ1v) is 4.73. The van der Waals surface area contributed by atoms with E-state index in [0.29, 0.717) is 19.2 Å². The third-order valence-corrected chi connectivity index (χ3v) is 2.25. The maximum Gasteiger partial charge on any atom is 0.315 e. The van der Waals surface area contributed by atoms with Crippen LogP contribution in [0.2, 0.25) is 0 Å². The summed E-state index contributed by atoms with van der Waals surface area (Å²) in [5.41, 5.74) is 5.35. The Balaban J connectivity index is 2.28. The molecule has 1 aromatic rings. The van der Waals surface area contributed by atoms with Crippen LogP contribution >= 0.6 is 0 Å². The molecule has 0 saturated carbocycles. The summed E-state index contributed by atoms with van der Waals surface area (Å²) in [5.74, 6) is -1.64. The number of nitrogens with two attached hydrogens (primary N) is 1. The van der Waals surface area contributed by atoms with Crippen LogP contribution in [0.5, 0.6) is 6.01 Å². The molecule has 1 atom stereocenters. The minimum absolute atomic E-state index is 0.0151. The number of aryl methyl sites for hydroxylation is 1. The van der Waals surface area contributed by atoms with Gasteiger partial charge < -0.3 is 15.6 Å². The summed E-state index contributed by atoms with van der Waals surface area (Å²) in [6.45, 7) is 1.29. The van der Waals surface area contributed by atoms with Gasteiger partial charge >= 0.3 is 12.0 Å². The molecule has 0 bridgehead atoms. The molecule has 1 aromatic heterocycles. The number of nitrogens with zero attached hydrogens (tertiary/aromatic N) is 3. The first-order valence-electron chi connectivity index (χ1n) is 4.73. The molecule has 1 aliphatic rings. The number of carbonyl (C=O) groups is 1. The van der Waals surface area contributed by atoms with E-state index >= 15 is 0 Å². The van der Waals surface area contributed by atoms with Crippen LogP contribution in [-0.2, 0) is 11.3 Å². The Hall–Kier alpha value is -1.63. The fourth-order valence-electron chi connectivity index (χ4n) is 1.44. The summed E-state index contributed by atoms with van der Waals surface area (Å²) in [5, 5.41) is 12.9. The maximum atomic E-state index is 10.8. The normalized spacial score (nSPS) is 16.6.